The number of hydrogen-bond acceptors (Lipinski definition) is 4. The molecule has 1 N–H and O–H groups in total. The standard InChI is InChI=1S/C19H25N5O/c1-19(2,3)20-18(25)23(4)15-12-24(13-15)17-11-10-16(21-22-17)14-8-6-5-7-9-14/h5-11,15H,12-13H2,1-4H3,(H,20,25). The predicted molar refractivity (Wildman–Crippen MR) is 99.5 cm³/mol. The molecule has 1 fully saturated rings. The molecule has 1 aliphatic heterocycles. The van der Waals surface area contributed by atoms with Crippen LogP contribution in [0.3, 0.4) is 0 Å². The third-order valence-electron chi connectivity index (χ3n) is 4.26. The van der Waals surface area contributed by atoms with Crippen LogP contribution >= 0.6 is 0 Å². The van der Waals surface area contributed by atoms with Gasteiger partial charge in [0.25, 0.3) is 0 Å². The van der Waals surface area contributed by atoms with Crippen LogP contribution < -0.4 is 10.2 Å². The third kappa shape index (κ3) is 4.07. The Balaban J connectivity index is 1.57. The van der Waals surface area contributed by atoms with Crippen LogP contribution in [-0.2, 0) is 0 Å². The van der Waals surface area contributed by atoms with E-state index in [1.54, 1.807) is 4.90 Å². The van der Waals surface area contributed by atoms with Crippen molar-refractivity contribution >= 4 is 11.8 Å². The molecule has 1 aromatic carbocycles. The Kier molecular flexibility index (Phi) is 4.61. The van der Waals surface area contributed by atoms with Crippen LogP contribution in [0.2, 0.25) is 0 Å². The van der Waals surface area contributed by atoms with Gasteiger partial charge in [-0.2, -0.15) is 0 Å². The molecule has 25 heavy (non-hydrogen) atoms. The maximum absolute atomic E-state index is 12.2. The van der Waals surface area contributed by atoms with Gasteiger partial charge in [0, 0.05) is 31.2 Å². The number of amides is 2. The van der Waals surface area contributed by atoms with Gasteiger partial charge in [0.05, 0.1) is 11.7 Å². The predicted octanol–water partition coefficient (Wildman–Crippen LogP) is 2.77. The van der Waals surface area contributed by atoms with Gasteiger partial charge in [0.1, 0.15) is 0 Å². The van der Waals surface area contributed by atoms with Gasteiger partial charge >= 0.3 is 6.03 Å². The molecule has 2 amide bonds. The van der Waals surface area contributed by atoms with Crippen LogP contribution in [0.15, 0.2) is 42.5 Å². The summed E-state index contributed by atoms with van der Waals surface area (Å²) >= 11 is 0. The molecule has 1 saturated heterocycles. The highest BCUT2D eigenvalue weighted by atomic mass is 16.2. The molecule has 0 atom stereocenters. The van der Waals surface area contributed by atoms with Crippen molar-refractivity contribution in [1.82, 2.24) is 20.4 Å². The molecule has 0 aliphatic carbocycles. The summed E-state index contributed by atoms with van der Waals surface area (Å²) in [4.78, 5) is 16.1. The Morgan fingerprint density at radius 1 is 1.12 bits per heavy atom. The molecule has 1 aliphatic rings. The number of aromatic nitrogens is 2. The number of carbonyl (C=O) groups is 1. The number of anilines is 1. The molecule has 0 radical (unpaired) electrons. The normalized spacial score (nSPS) is 14.8. The highest BCUT2D eigenvalue weighted by molar-refractivity contribution is 5.75. The molecule has 3 rings (SSSR count). The Hall–Kier alpha value is -2.63. The molecule has 6 nitrogen and oxygen atoms in total. The largest absolute Gasteiger partial charge is 0.351 e. The van der Waals surface area contributed by atoms with Crippen LogP contribution in [0.5, 0.6) is 0 Å². The number of carbonyl (C=O) groups excluding carboxylic acids is 1. The van der Waals surface area contributed by atoms with Crippen LogP contribution in [-0.4, -0.2) is 52.8 Å². The number of hydrogen-bond donors (Lipinski definition) is 1. The average Bonchev–Trinajstić information content (AvgIpc) is 2.53. The fraction of sp³-hybridized carbons (Fsp3) is 0.421. The van der Waals surface area contributed by atoms with Crippen molar-refractivity contribution in [2.75, 3.05) is 25.0 Å². The van der Waals surface area contributed by atoms with Gasteiger partial charge in [-0.15, -0.1) is 10.2 Å². The highest BCUT2D eigenvalue weighted by Crippen LogP contribution is 2.23. The summed E-state index contributed by atoms with van der Waals surface area (Å²) in [6, 6.07) is 14.1. The van der Waals surface area contributed by atoms with Gasteiger partial charge in [-0.1, -0.05) is 30.3 Å². The first-order valence-electron chi connectivity index (χ1n) is 8.52. The van der Waals surface area contributed by atoms with Gasteiger partial charge in [-0.05, 0) is 32.9 Å². The lowest BCUT2D eigenvalue weighted by molar-refractivity contribution is 0.170. The second kappa shape index (κ2) is 6.70. The van der Waals surface area contributed by atoms with Crippen LogP contribution in [0.25, 0.3) is 11.3 Å². The number of likely N-dealkylation sites (N-methyl/N-ethyl adjacent to an activating group) is 1. The fourth-order valence-electron chi connectivity index (χ4n) is 2.72. The molecule has 2 aromatic rings. The lowest BCUT2D eigenvalue weighted by Crippen LogP contribution is -2.62. The Bertz CT molecular complexity index is 718. The zero-order valence-corrected chi connectivity index (χ0v) is 15.2. The van der Waals surface area contributed by atoms with Crippen molar-refractivity contribution < 1.29 is 4.79 Å². The molecular formula is C19H25N5O. The second-order valence-electron chi connectivity index (χ2n) is 7.49. The van der Waals surface area contributed by atoms with E-state index in [1.807, 2.05) is 70.3 Å². The Labute approximate surface area is 148 Å². The van der Waals surface area contributed by atoms with E-state index in [-0.39, 0.29) is 17.6 Å². The lowest BCUT2D eigenvalue weighted by Gasteiger charge is -2.44. The summed E-state index contributed by atoms with van der Waals surface area (Å²) in [7, 11) is 1.84. The number of nitrogens with one attached hydrogen (secondary N) is 1. The van der Waals surface area contributed by atoms with Crippen molar-refractivity contribution in [2.24, 2.45) is 0 Å². The monoisotopic (exact) mass is 339 g/mol. The van der Waals surface area contributed by atoms with Gasteiger partial charge < -0.3 is 15.1 Å². The van der Waals surface area contributed by atoms with Gasteiger partial charge in [-0.3, -0.25) is 0 Å². The number of rotatable bonds is 3. The SMILES string of the molecule is CN(C(=O)NC(C)(C)C)C1CN(c2ccc(-c3ccccc3)nn2)C1. The van der Waals surface area contributed by atoms with Crippen molar-refractivity contribution in [3.8, 4) is 11.3 Å². The zero-order chi connectivity index (χ0) is 18.0. The van der Waals surface area contributed by atoms with Crippen LogP contribution in [0, 0.1) is 0 Å². The van der Waals surface area contributed by atoms with Crippen molar-refractivity contribution in [2.45, 2.75) is 32.4 Å². The summed E-state index contributed by atoms with van der Waals surface area (Å²) in [5.74, 6) is 0.848. The third-order valence-corrected chi connectivity index (χ3v) is 4.26. The number of benzene rings is 1. The summed E-state index contributed by atoms with van der Waals surface area (Å²) in [5, 5.41) is 11.6. The number of nitrogens with zero attached hydrogens (tertiary/aromatic N) is 4. The molecule has 0 spiro atoms. The van der Waals surface area contributed by atoms with Crippen LogP contribution in [0.4, 0.5) is 10.6 Å². The molecule has 132 valence electrons. The zero-order valence-electron chi connectivity index (χ0n) is 15.2. The maximum Gasteiger partial charge on any atom is 0.317 e. The van der Waals surface area contributed by atoms with Gasteiger partial charge in [0.15, 0.2) is 5.82 Å². The first kappa shape index (κ1) is 17.2. The highest BCUT2D eigenvalue weighted by Gasteiger charge is 2.34. The summed E-state index contributed by atoms with van der Waals surface area (Å²) in [6.07, 6.45) is 0. The maximum atomic E-state index is 12.2. The van der Waals surface area contributed by atoms with Crippen molar-refractivity contribution in [3.63, 3.8) is 0 Å². The molecule has 1 aromatic heterocycles. The van der Waals surface area contributed by atoms with E-state index in [9.17, 15) is 4.79 Å². The van der Waals surface area contributed by atoms with E-state index in [1.165, 1.54) is 0 Å². The quantitative estimate of drug-likeness (QED) is 0.934. The summed E-state index contributed by atoms with van der Waals surface area (Å²) in [6.45, 7) is 7.49. The van der Waals surface area contributed by atoms with Gasteiger partial charge in [0.2, 0.25) is 0 Å². The first-order valence-corrected chi connectivity index (χ1v) is 8.52. The second-order valence-corrected chi connectivity index (χ2v) is 7.49. The fourth-order valence-corrected chi connectivity index (χ4v) is 2.72. The van der Waals surface area contributed by atoms with Crippen molar-refractivity contribution in [1.29, 1.82) is 0 Å². The van der Waals surface area contributed by atoms with E-state index >= 15 is 0 Å². The average molecular weight is 339 g/mol. The Morgan fingerprint density at radius 3 is 2.36 bits per heavy atom. The van der Waals surface area contributed by atoms with E-state index in [0.29, 0.717) is 0 Å². The summed E-state index contributed by atoms with van der Waals surface area (Å²) < 4.78 is 0. The Morgan fingerprint density at radius 2 is 1.80 bits per heavy atom. The molecule has 2 heterocycles. The smallest absolute Gasteiger partial charge is 0.317 e. The molecule has 0 bridgehead atoms. The minimum absolute atomic E-state index is 0.0392. The topological polar surface area (TPSA) is 61.4 Å². The molecule has 0 saturated carbocycles. The van der Waals surface area contributed by atoms with Gasteiger partial charge in [-0.25, -0.2) is 4.79 Å². The van der Waals surface area contributed by atoms with E-state index in [0.717, 1.165) is 30.2 Å². The lowest BCUT2D eigenvalue weighted by atomic mass is 10.1. The minimum atomic E-state index is -0.229. The van der Waals surface area contributed by atoms with E-state index in [4.69, 9.17) is 0 Å². The van der Waals surface area contributed by atoms with Crippen molar-refractivity contribution in [3.05, 3.63) is 42.5 Å². The molecule has 6 heteroatoms. The molecular weight excluding hydrogens is 314 g/mol. The van der Waals surface area contributed by atoms with Crippen LogP contribution in [0.1, 0.15) is 20.8 Å². The van der Waals surface area contributed by atoms with E-state index in [2.05, 4.69) is 20.4 Å². The minimum Gasteiger partial charge on any atom is -0.351 e. The molecule has 0 unspecified atom stereocenters. The summed E-state index contributed by atoms with van der Waals surface area (Å²) in [5.41, 5.74) is 1.69. The number of urea groups is 1. The van der Waals surface area contributed by atoms with E-state index < -0.39 is 0 Å². The first-order chi connectivity index (χ1) is 11.8.